The quantitative estimate of drug-likeness (QED) is 0.927. The molecule has 1 saturated heterocycles. The minimum atomic E-state index is -0.0483. The van der Waals surface area contributed by atoms with Crippen LogP contribution in [0.1, 0.15) is 29.2 Å². The molecule has 1 aromatic heterocycles. The first kappa shape index (κ1) is 15.7. The molecule has 1 atom stereocenters. The van der Waals surface area contributed by atoms with Crippen molar-refractivity contribution in [2.24, 2.45) is 0 Å². The highest BCUT2D eigenvalue weighted by Crippen LogP contribution is 2.34. The summed E-state index contributed by atoms with van der Waals surface area (Å²) in [4.78, 5) is 19.5. The number of aromatic nitrogens is 1. The van der Waals surface area contributed by atoms with E-state index in [1.54, 1.807) is 0 Å². The topological polar surface area (TPSA) is 54.5 Å². The van der Waals surface area contributed by atoms with Crippen LogP contribution in [0.15, 0.2) is 29.6 Å². The number of aryl methyl sites for hydroxylation is 1. The Bertz CT molecular complexity index is 725. The molecule has 1 aromatic carbocycles. The van der Waals surface area contributed by atoms with Crippen LogP contribution in [0.2, 0.25) is 0 Å². The Balaban J connectivity index is 1.38. The van der Waals surface area contributed by atoms with Crippen LogP contribution in [-0.4, -0.2) is 42.1 Å². The molecule has 4 rings (SSSR count). The summed E-state index contributed by atoms with van der Waals surface area (Å²) in [6.07, 6.45) is 1.87. The molecule has 6 heteroatoms. The van der Waals surface area contributed by atoms with Crippen molar-refractivity contribution in [1.82, 2.24) is 9.88 Å². The third-order valence-electron chi connectivity index (χ3n) is 4.72. The molecule has 126 valence electrons. The minimum Gasteiger partial charge on any atom is -0.379 e. The Hall–Kier alpha value is -1.76. The summed E-state index contributed by atoms with van der Waals surface area (Å²) in [6, 6.07) is 8.23. The van der Waals surface area contributed by atoms with E-state index in [-0.39, 0.29) is 11.8 Å². The monoisotopic (exact) mass is 343 g/mol. The number of amides is 1. The number of nitrogens with one attached hydrogen (secondary N) is 1. The molecule has 2 aromatic rings. The van der Waals surface area contributed by atoms with Crippen molar-refractivity contribution < 1.29 is 9.53 Å². The number of morpholine rings is 1. The Morgan fingerprint density at radius 3 is 3.04 bits per heavy atom. The number of fused-ring (bicyclic) bond motifs is 1. The number of hydrogen-bond acceptors (Lipinski definition) is 5. The fraction of sp³-hybridized carbons (Fsp3) is 0.444. The first-order chi connectivity index (χ1) is 11.8. The summed E-state index contributed by atoms with van der Waals surface area (Å²) in [5.74, 6) is 0.0139. The minimum absolute atomic E-state index is 0.0483. The second kappa shape index (κ2) is 7.01. The molecule has 1 fully saturated rings. The van der Waals surface area contributed by atoms with Crippen molar-refractivity contribution in [1.29, 1.82) is 0 Å². The van der Waals surface area contributed by atoms with Gasteiger partial charge < -0.3 is 10.1 Å². The lowest BCUT2D eigenvalue weighted by molar-refractivity contribution is -0.117. The van der Waals surface area contributed by atoms with Gasteiger partial charge in [0, 0.05) is 25.0 Å². The predicted molar refractivity (Wildman–Crippen MR) is 94.3 cm³/mol. The van der Waals surface area contributed by atoms with Crippen molar-refractivity contribution in [2.45, 2.75) is 25.3 Å². The molecule has 2 aliphatic rings. The normalized spacial score (nSPS) is 20.8. The Morgan fingerprint density at radius 1 is 1.33 bits per heavy atom. The molecule has 1 amide bonds. The van der Waals surface area contributed by atoms with E-state index in [1.165, 1.54) is 22.5 Å². The first-order valence-corrected chi connectivity index (χ1v) is 9.31. The summed E-state index contributed by atoms with van der Waals surface area (Å²) in [6.45, 7) is 4.28. The summed E-state index contributed by atoms with van der Waals surface area (Å²) in [7, 11) is 0. The second-order valence-electron chi connectivity index (χ2n) is 6.31. The Labute approximate surface area is 145 Å². The number of benzene rings is 1. The van der Waals surface area contributed by atoms with Crippen molar-refractivity contribution in [2.75, 3.05) is 31.6 Å². The maximum absolute atomic E-state index is 12.6. The number of thiazole rings is 1. The number of anilines is 1. The maximum atomic E-state index is 12.6. The highest BCUT2D eigenvalue weighted by molar-refractivity contribution is 7.13. The summed E-state index contributed by atoms with van der Waals surface area (Å²) >= 11 is 1.51. The molecule has 24 heavy (non-hydrogen) atoms. The highest BCUT2D eigenvalue weighted by Gasteiger charge is 2.28. The Kier molecular flexibility index (Phi) is 4.60. The van der Waals surface area contributed by atoms with Gasteiger partial charge in [-0.15, -0.1) is 11.3 Å². The average Bonchev–Trinajstić information content (AvgIpc) is 3.22. The van der Waals surface area contributed by atoms with Gasteiger partial charge in [-0.2, -0.15) is 0 Å². The molecule has 0 spiro atoms. The van der Waals surface area contributed by atoms with Crippen LogP contribution >= 0.6 is 11.3 Å². The highest BCUT2D eigenvalue weighted by atomic mass is 32.1. The molecule has 1 N–H and O–H groups in total. The third-order valence-corrected chi connectivity index (χ3v) is 5.53. The standard InChI is InChI=1S/C18H21N3O2S/c22-17(16-6-5-13-3-1-2-4-15(13)16)20-18-19-14(12-24-18)11-21-7-9-23-10-8-21/h1-4,12,16H,5-11H2,(H,19,20,22)/t16-/m0/s1. The second-order valence-corrected chi connectivity index (χ2v) is 7.17. The smallest absolute Gasteiger partial charge is 0.233 e. The fourth-order valence-corrected chi connectivity index (χ4v) is 4.15. The van der Waals surface area contributed by atoms with Crippen LogP contribution in [0, 0.1) is 0 Å². The molecule has 2 heterocycles. The van der Waals surface area contributed by atoms with Crippen LogP contribution in [-0.2, 0) is 22.5 Å². The van der Waals surface area contributed by atoms with Crippen molar-refractivity contribution in [3.63, 3.8) is 0 Å². The number of nitrogens with zero attached hydrogens (tertiary/aromatic N) is 2. The molecule has 0 radical (unpaired) electrons. The fourth-order valence-electron chi connectivity index (χ4n) is 3.45. The van der Waals surface area contributed by atoms with E-state index >= 15 is 0 Å². The van der Waals surface area contributed by atoms with E-state index in [2.05, 4.69) is 27.3 Å². The molecule has 5 nitrogen and oxygen atoms in total. The van der Waals surface area contributed by atoms with Crippen LogP contribution in [0.5, 0.6) is 0 Å². The SMILES string of the molecule is O=C(Nc1nc(CN2CCOCC2)cs1)[C@H]1CCc2ccccc21. The molecule has 1 aliphatic heterocycles. The van der Waals surface area contributed by atoms with Crippen molar-refractivity contribution in [3.05, 3.63) is 46.5 Å². The van der Waals surface area contributed by atoms with E-state index in [4.69, 9.17) is 4.74 Å². The van der Waals surface area contributed by atoms with Gasteiger partial charge in [-0.3, -0.25) is 9.69 Å². The summed E-state index contributed by atoms with van der Waals surface area (Å²) in [5.41, 5.74) is 3.48. The van der Waals surface area contributed by atoms with Crippen LogP contribution < -0.4 is 5.32 Å². The van der Waals surface area contributed by atoms with Gasteiger partial charge in [-0.1, -0.05) is 24.3 Å². The van der Waals surface area contributed by atoms with Gasteiger partial charge in [0.15, 0.2) is 5.13 Å². The van der Waals surface area contributed by atoms with Gasteiger partial charge in [-0.25, -0.2) is 4.98 Å². The molecule has 0 saturated carbocycles. The van der Waals surface area contributed by atoms with Crippen LogP contribution in [0.3, 0.4) is 0 Å². The maximum Gasteiger partial charge on any atom is 0.233 e. The summed E-state index contributed by atoms with van der Waals surface area (Å²) in [5, 5.41) is 5.74. The zero-order chi connectivity index (χ0) is 16.4. The largest absolute Gasteiger partial charge is 0.379 e. The lowest BCUT2D eigenvalue weighted by Crippen LogP contribution is -2.35. The lowest BCUT2D eigenvalue weighted by atomic mass is 10.0. The van der Waals surface area contributed by atoms with Crippen LogP contribution in [0.25, 0.3) is 0 Å². The van der Waals surface area contributed by atoms with E-state index in [0.29, 0.717) is 5.13 Å². The molecule has 1 aliphatic carbocycles. The first-order valence-electron chi connectivity index (χ1n) is 8.43. The number of ether oxygens (including phenoxy) is 1. The van der Waals surface area contributed by atoms with Gasteiger partial charge in [-0.05, 0) is 24.0 Å². The van der Waals surface area contributed by atoms with E-state index in [0.717, 1.165) is 51.4 Å². The molecular weight excluding hydrogens is 322 g/mol. The zero-order valence-electron chi connectivity index (χ0n) is 13.5. The number of carbonyl (C=O) groups is 1. The summed E-state index contributed by atoms with van der Waals surface area (Å²) < 4.78 is 5.36. The van der Waals surface area contributed by atoms with E-state index < -0.39 is 0 Å². The van der Waals surface area contributed by atoms with Gasteiger partial charge in [0.1, 0.15) is 0 Å². The van der Waals surface area contributed by atoms with Gasteiger partial charge >= 0.3 is 0 Å². The Morgan fingerprint density at radius 2 is 2.17 bits per heavy atom. The van der Waals surface area contributed by atoms with Gasteiger partial charge in [0.2, 0.25) is 5.91 Å². The number of hydrogen-bond donors (Lipinski definition) is 1. The lowest BCUT2D eigenvalue weighted by Gasteiger charge is -2.25. The van der Waals surface area contributed by atoms with E-state index in [1.807, 2.05) is 17.5 Å². The molecule has 0 bridgehead atoms. The zero-order valence-corrected chi connectivity index (χ0v) is 14.3. The number of rotatable bonds is 4. The number of carbonyl (C=O) groups excluding carboxylic acids is 1. The van der Waals surface area contributed by atoms with Crippen molar-refractivity contribution in [3.8, 4) is 0 Å². The average molecular weight is 343 g/mol. The third kappa shape index (κ3) is 3.36. The van der Waals surface area contributed by atoms with Gasteiger partial charge in [0.25, 0.3) is 0 Å². The van der Waals surface area contributed by atoms with E-state index in [9.17, 15) is 4.79 Å². The molecular formula is C18H21N3O2S. The van der Waals surface area contributed by atoms with Gasteiger partial charge in [0.05, 0.1) is 24.8 Å². The molecule has 0 unspecified atom stereocenters. The predicted octanol–water partition coefficient (Wildman–Crippen LogP) is 2.64. The van der Waals surface area contributed by atoms with Crippen molar-refractivity contribution >= 4 is 22.4 Å². The van der Waals surface area contributed by atoms with Crippen LogP contribution in [0.4, 0.5) is 5.13 Å².